The van der Waals surface area contributed by atoms with E-state index in [2.05, 4.69) is 31.1 Å². The molecule has 0 aromatic carbocycles. The maximum atomic E-state index is 5.30. The van der Waals surface area contributed by atoms with Crippen molar-refractivity contribution in [2.24, 2.45) is 0 Å². The number of thiazole rings is 1. The van der Waals surface area contributed by atoms with Gasteiger partial charge in [-0.2, -0.15) is 0 Å². The Bertz CT molecular complexity index is 462. The van der Waals surface area contributed by atoms with Crippen LogP contribution < -0.4 is 5.32 Å². The highest BCUT2D eigenvalue weighted by molar-refractivity contribution is 7.11. The molecule has 17 heavy (non-hydrogen) atoms. The summed E-state index contributed by atoms with van der Waals surface area (Å²) in [5.41, 5.74) is 1.14. The average Bonchev–Trinajstić information content (AvgIpc) is 2.88. The van der Waals surface area contributed by atoms with E-state index in [0.717, 1.165) is 29.4 Å². The van der Waals surface area contributed by atoms with Gasteiger partial charge in [0.05, 0.1) is 17.0 Å². The molecule has 0 aliphatic heterocycles. The van der Waals surface area contributed by atoms with Gasteiger partial charge in [-0.1, -0.05) is 0 Å². The van der Waals surface area contributed by atoms with Crippen LogP contribution in [0, 0.1) is 13.8 Å². The number of furan rings is 1. The lowest BCUT2D eigenvalue weighted by Crippen LogP contribution is -2.21. The van der Waals surface area contributed by atoms with Crippen LogP contribution in [0.25, 0.3) is 0 Å². The van der Waals surface area contributed by atoms with Gasteiger partial charge in [0.2, 0.25) is 0 Å². The minimum Gasteiger partial charge on any atom is -0.469 e. The van der Waals surface area contributed by atoms with Crippen LogP contribution in [0.15, 0.2) is 22.8 Å². The topological polar surface area (TPSA) is 38.1 Å². The molecule has 0 amide bonds. The van der Waals surface area contributed by atoms with Gasteiger partial charge in [0.15, 0.2) is 0 Å². The predicted molar refractivity (Wildman–Crippen MR) is 70.4 cm³/mol. The standard InChI is InChI=1S/C13H18N2OS/c1-9(13-10(2)15-11(3)17-13)14-7-6-12-5-4-8-16-12/h4-5,8-9,14H,6-7H2,1-3H3. The van der Waals surface area contributed by atoms with Crippen molar-refractivity contribution in [2.45, 2.75) is 33.2 Å². The summed E-state index contributed by atoms with van der Waals surface area (Å²) in [5, 5.41) is 4.64. The van der Waals surface area contributed by atoms with Gasteiger partial charge >= 0.3 is 0 Å². The Balaban J connectivity index is 1.85. The van der Waals surface area contributed by atoms with Gasteiger partial charge in [-0.25, -0.2) is 4.98 Å². The molecule has 92 valence electrons. The molecule has 2 heterocycles. The SMILES string of the molecule is Cc1nc(C)c(C(C)NCCc2ccco2)s1. The van der Waals surface area contributed by atoms with E-state index < -0.39 is 0 Å². The molecule has 2 rings (SSSR count). The third-order valence-corrected chi connectivity index (χ3v) is 3.99. The third-order valence-electron chi connectivity index (χ3n) is 2.73. The Labute approximate surface area is 106 Å². The van der Waals surface area contributed by atoms with E-state index in [1.165, 1.54) is 4.88 Å². The predicted octanol–water partition coefficient (Wildman–Crippen LogP) is 3.25. The summed E-state index contributed by atoms with van der Waals surface area (Å²) in [6, 6.07) is 4.29. The molecule has 0 aliphatic rings. The summed E-state index contributed by atoms with van der Waals surface area (Å²) in [6.07, 6.45) is 2.64. The molecule has 0 radical (unpaired) electrons. The minimum atomic E-state index is 0.358. The Morgan fingerprint density at radius 2 is 2.29 bits per heavy atom. The molecule has 0 aliphatic carbocycles. The number of nitrogens with one attached hydrogen (secondary N) is 1. The number of aryl methyl sites for hydroxylation is 2. The lowest BCUT2D eigenvalue weighted by Gasteiger charge is -2.11. The zero-order valence-corrected chi connectivity index (χ0v) is 11.3. The van der Waals surface area contributed by atoms with Crippen molar-refractivity contribution in [3.05, 3.63) is 39.7 Å². The van der Waals surface area contributed by atoms with E-state index in [0.29, 0.717) is 6.04 Å². The molecule has 0 saturated carbocycles. The number of aromatic nitrogens is 1. The van der Waals surface area contributed by atoms with Gasteiger partial charge in [0, 0.05) is 23.9 Å². The van der Waals surface area contributed by atoms with Crippen LogP contribution >= 0.6 is 11.3 Å². The molecule has 0 saturated heterocycles. The maximum absolute atomic E-state index is 5.30. The molecule has 1 N–H and O–H groups in total. The second kappa shape index (κ2) is 5.47. The summed E-state index contributed by atoms with van der Waals surface area (Å²) in [7, 11) is 0. The van der Waals surface area contributed by atoms with Crippen molar-refractivity contribution in [1.82, 2.24) is 10.3 Å². The fourth-order valence-corrected chi connectivity index (χ4v) is 2.86. The van der Waals surface area contributed by atoms with E-state index in [4.69, 9.17) is 4.42 Å². The molecule has 2 aromatic heterocycles. The normalized spacial score (nSPS) is 12.9. The lowest BCUT2D eigenvalue weighted by molar-refractivity contribution is 0.487. The highest BCUT2D eigenvalue weighted by atomic mass is 32.1. The van der Waals surface area contributed by atoms with Crippen molar-refractivity contribution >= 4 is 11.3 Å². The van der Waals surface area contributed by atoms with Gasteiger partial charge in [-0.15, -0.1) is 11.3 Å². The molecule has 0 bridgehead atoms. The molecule has 1 atom stereocenters. The quantitative estimate of drug-likeness (QED) is 0.885. The maximum Gasteiger partial charge on any atom is 0.105 e. The van der Waals surface area contributed by atoms with Crippen LogP contribution in [0.2, 0.25) is 0 Å². The molecule has 3 nitrogen and oxygen atoms in total. The van der Waals surface area contributed by atoms with Gasteiger partial charge < -0.3 is 9.73 Å². The average molecular weight is 250 g/mol. The molecule has 0 spiro atoms. The molecule has 2 aromatic rings. The minimum absolute atomic E-state index is 0.358. The Hall–Kier alpha value is -1.13. The van der Waals surface area contributed by atoms with Crippen LogP contribution in [-0.4, -0.2) is 11.5 Å². The zero-order chi connectivity index (χ0) is 12.3. The Morgan fingerprint density at radius 1 is 1.47 bits per heavy atom. The van der Waals surface area contributed by atoms with Gasteiger partial charge in [0.25, 0.3) is 0 Å². The van der Waals surface area contributed by atoms with E-state index >= 15 is 0 Å². The van der Waals surface area contributed by atoms with Crippen molar-refractivity contribution in [3.63, 3.8) is 0 Å². The molecule has 1 unspecified atom stereocenters. The third kappa shape index (κ3) is 3.17. The van der Waals surface area contributed by atoms with E-state index in [1.54, 1.807) is 17.6 Å². The number of nitrogens with zero attached hydrogens (tertiary/aromatic N) is 1. The molecule has 0 fully saturated rings. The van der Waals surface area contributed by atoms with Crippen LogP contribution in [0.1, 0.15) is 34.3 Å². The zero-order valence-electron chi connectivity index (χ0n) is 10.5. The van der Waals surface area contributed by atoms with Crippen molar-refractivity contribution < 1.29 is 4.42 Å². The van der Waals surface area contributed by atoms with Gasteiger partial charge in [-0.3, -0.25) is 0 Å². The smallest absolute Gasteiger partial charge is 0.105 e. The van der Waals surface area contributed by atoms with Crippen molar-refractivity contribution in [1.29, 1.82) is 0 Å². The largest absolute Gasteiger partial charge is 0.469 e. The monoisotopic (exact) mass is 250 g/mol. The first-order valence-corrected chi connectivity index (χ1v) is 6.68. The fraction of sp³-hybridized carbons (Fsp3) is 0.462. The number of hydrogen-bond acceptors (Lipinski definition) is 4. The highest BCUT2D eigenvalue weighted by Gasteiger charge is 2.12. The summed E-state index contributed by atoms with van der Waals surface area (Å²) in [4.78, 5) is 5.79. The van der Waals surface area contributed by atoms with E-state index in [9.17, 15) is 0 Å². The summed E-state index contributed by atoms with van der Waals surface area (Å²) >= 11 is 1.77. The first-order chi connectivity index (χ1) is 8.16. The summed E-state index contributed by atoms with van der Waals surface area (Å²) in [6.45, 7) is 7.23. The first-order valence-electron chi connectivity index (χ1n) is 5.86. The molecule has 4 heteroatoms. The molecular weight excluding hydrogens is 232 g/mol. The lowest BCUT2D eigenvalue weighted by atomic mass is 10.2. The second-order valence-corrected chi connectivity index (χ2v) is 5.42. The van der Waals surface area contributed by atoms with Gasteiger partial charge in [-0.05, 0) is 32.9 Å². The first kappa shape index (κ1) is 12.3. The second-order valence-electron chi connectivity index (χ2n) is 4.19. The van der Waals surface area contributed by atoms with Crippen LogP contribution in [0.5, 0.6) is 0 Å². The van der Waals surface area contributed by atoms with E-state index in [1.807, 2.05) is 12.1 Å². The van der Waals surface area contributed by atoms with E-state index in [-0.39, 0.29) is 0 Å². The number of rotatable bonds is 5. The Kier molecular flexibility index (Phi) is 3.97. The van der Waals surface area contributed by atoms with Crippen LogP contribution in [-0.2, 0) is 6.42 Å². The molecular formula is C13H18N2OS. The van der Waals surface area contributed by atoms with Crippen LogP contribution in [0.3, 0.4) is 0 Å². The van der Waals surface area contributed by atoms with Crippen molar-refractivity contribution in [3.8, 4) is 0 Å². The van der Waals surface area contributed by atoms with Gasteiger partial charge in [0.1, 0.15) is 5.76 Å². The summed E-state index contributed by atoms with van der Waals surface area (Å²) < 4.78 is 5.30. The number of hydrogen-bond donors (Lipinski definition) is 1. The highest BCUT2D eigenvalue weighted by Crippen LogP contribution is 2.24. The van der Waals surface area contributed by atoms with Crippen LogP contribution in [0.4, 0.5) is 0 Å². The fourth-order valence-electron chi connectivity index (χ4n) is 1.91. The Morgan fingerprint density at radius 3 is 2.88 bits per heavy atom. The van der Waals surface area contributed by atoms with Crippen molar-refractivity contribution in [2.75, 3.05) is 6.54 Å². The summed E-state index contributed by atoms with van der Waals surface area (Å²) in [5.74, 6) is 1.03.